The molecule has 0 heterocycles. The lowest BCUT2D eigenvalue weighted by Gasteiger charge is -2.14. The van der Waals surface area contributed by atoms with Crippen LogP contribution in [0.3, 0.4) is 0 Å². The molecule has 19 heavy (non-hydrogen) atoms. The van der Waals surface area contributed by atoms with Crippen LogP contribution in [0.5, 0.6) is 0 Å². The number of ether oxygens (including phenoxy) is 1. The van der Waals surface area contributed by atoms with Crippen molar-refractivity contribution in [2.75, 3.05) is 6.61 Å². The molecule has 1 aromatic carbocycles. The van der Waals surface area contributed by atoms with Gasteiger partial charge in [0.1, 0.15) is 12.6 Å². The first-order chi connectivity index (χ1) is 9.13. The van der Waals surface area contributed by atoms with E-state index in [1.807, 2.05) is 30.3 Å². The summed E-state index contributed by atoms with van der Waals surface area (Å²) in [6, 6.07) is 8.53. The van der Waals surface area contributed by atoms with Crippen LogP contribution in [0.15, 0.2) is 43.0 Å². The first-order valence-corrected chi connectivity index (χ1v) is 5.94. The Labute approximate surface area is 111 Å². The van der Waals surface area contributed by atoms with Gasteiger partial charge in [0, 0.05) is 0 Å². The van der Waals surface area contributed by atoms with Gasteiger partial charge in [-0.25, -0.2) is 9.59 Å². The summed E-state index contributed by atoms with van der Waals surface area (Å²) in [6.45, 7) is 3.45. The van der Waals surface area contributed by atoms with E-state index in [1.165, 1.54) is 6.08 Å². The molecule has 0 bridgehead atoms. The van der Waals surface area contributed by atoms with Crippen molar-refractivity contribution in [1.82, 2.24) is 5.32 Å². The van der Waals surface area contributed by atoms with E-state index in [4.69, 9.17) is 9.84 Å². The predicted octanol–water partition coefficient (Wildman–Crippen LogP) is 1.98. The molecule has 1 amide bonds. The fourth-order valence-electron chi connectivity index (χ4n) is 1.53. The number of alkyl carbamates (subject to hydrolysis) is 1. The largest absolute Gasteiger partial charge is 0.480 e. The van der Waals surface area contributed by atoms with Gasteiger partial charge in [-0.3, -0.25) is 0 Å². The van der Waals surface area contributed by atoms with Crippen LogP contribution in [0.2, 0.25) is 0 Å². The SMILES string of the molecule is C=CCOC(=O)N[C@H](CCc1ccccc1)C(=O)O. The van der Waals surface area contributed by atoms with Gasteiger partial charge in [0.05, 0.1) is 0 Å². The van der Waals surface area contributed by atoms with E-state index >= 15 is 0 Å². The van der Waals surface area contributed by atoms with E-state index in [-0.39, 0.29) is 6.61 Å². The molecule has 1 atom stereocenters. The number of nitrogens with one attached hydrogen (secondary N) is 1. The number of carbonyl (C=O) groups excluding carboxylic acids is 1. The molecule has 0 aliphatic heterocycles. The van der Waals surface area contributed by atoms with E-state index in [1.54, 1.807) is 0 Å². The van der Waals surface area contributed by atoms with E-state index in [2.05, 4.69) is 11.9 Å². The summed E-state index contributed by atoms with van der Waals surface area (Å²) >= 11 is 0. The minimum atomic E-state index is -1.08. The van der Waals surface area contributed by atoms with Gasteiger partial charge in [0.2, 0.25) is 0 Å². The summed E-state index contributed by atoms with van der Waals surface area (Å²) < 4.78 is 4.69. The van der Waals surface area contributed by atoms with E-state index in [9.17, 15) is 9.59 Å². The lowest BCUT2D eigenvalue weighted by molar-refractivity contribution is -0.139. The zero-order valence-corrected chi connectivity index (χ0v) is 10.5. The molecule has 0 unspecified atom stereocenters. The molecule has 0 spiro atoms. The van der Waals surface area contributed by atoms with Crippen molar-refractivity contribution in [3.8, 4) is 0 Å². The van der Waals surface area contributed by atoms with Gasteiger partial charge in [-0.15, -0.1) is 0 Å². The Morgan fingerprint density at radius 2 is 2.05 bits per heavy atom. The summed E-state index contributed by atoms with van der Waals surface area (Å²) in [4.78, 5) is 22.3. The Morgan fingerprint density at radius 3 is 2.63 bits per heavy atom. The smallest absolute Gasteiger partial charge is 0.408 e. The maximum absolute atomic E-state index is 11.3. The quantitative estimate of drug-likeness (QED) is 0.738. The topological polar surface area (TPSA) is 75.6 Å². The molecular formula is C14H17NO4. The van der Waals surface area contributed by atoms with Gasteiger partial charge >= 0.3 is 12.1 Å². The second-order valence-electron chi connectivity index (χ2n) is 3.95. The molecule has 0 saturated heterocycles. The minimum absolute atomic E-state index is 0.0524. The molecular weight excluding hydrogens is 246 g/mol. The van der Waals surface area contributed by atoms with Crippen LogP contribution in [0.1, 0.15) is 12.0 Å². The fourth-order valence-corrected chi connectivity index (χ4v) is 1.53. The Morgan fingerprint density at radius 1 is 1.37 bits per heavy atom. The Balaban J connectivity index is 2.47. The number of carboxylic acids is 1. The van der Waals surface area contributed by atoms with Gasteiger partial charge in [-0.1, -0.05) is 43.0 Å². The highest BCUT2D eigenvalue weighted by Gasteiger charge is 2.20. The Kier molecular flexibility index (Phi) is 6.15. The number of benzene rings is 1. The summed E-state index contributed by atoms with van der Waals surface area (Å²) in [6.07, 6.45) is 1.54. The standard InChI is InChI=1S/C14H17NO4/c1-2-10-19-14(18)15-12(13(16)17)9-8-11-6-4-3-5-7-11/h2-7,12H,1,8-10H2,(H,15,18)(H,16,17)/t12-/m1/s1. The van der Waals surface area contributed by atoms with E-state index < -0.39 is 18.1 Å². The van der Waals surface area contributed by atoms with Crippen LogP contribution >= 0.6 is 0 Å². The predicted molar refractivity (Wildman–Crippen MR) is 70.9 cm³/mol. The number of hydrogen-bond donors (Lipinski definition) is 2. The van der Waals surface area contributed by atoms with Crippen LogP contribution in [0.4, 0.5) is 4.79 Å². The molecule has 1 rings (SSSR count). The Bertz CT molecular complexity index is 430. The third-order valence-corrected chi connectivity index (χ3v) is 2.49. The maximum Gasteiger partial charge on any atom is 0.408 e. The van der Waals surface area contributed by atoms with Crippen molar-refractivity contribution in [2.24, 2.45) is 0 Å². The van der Waals surface area contributed by atoms with Crippen molar-refractivity contribution in [2.45, 2.75) is 18.9 Å². The molecule has 5 nitrogen and oxygen atoms in total. The summed E-state index contributed by atoms with van der Waals surface area (Å²) in [5, 5.41) is 11.3. The van der Waals surface area contributed by atoms with Crippen LogP contribution in [-0.4, -0.2) is 29.8 Å². The lowest BCUT2D eigenvalue weighted by Crippen LogP contribution is -2.41. The molecule has 0 aromatic heterocycles. The monoisotopic (exact) mass is 263 g/mol. The fraction of sp³-hybridized carbons (Fsp3) is 0.286. The highest BCUT2D eigenvalue weighted by Crippen LogP contribution is 2.05. The molecule has 5 heteroatoms. The van der Waals surface area contributed by atoms with Gasteiger partial charge in [-0.05, 0) is 18.4 Å². The molecule has 0 aliphatic carbocycles. The molecule has 0 aliphatic rings. The summed E-state index contributed by atoms with van der Waals surface area (Å²) in [5.41, 5.74) is 1.02. The summed E-state index contributed by atoms with van der Waals surface area (Å²) in [5.74, 6) is -1.08. The van der Waals surface area contributed by atoms with Crippen molar-refractivity contribution in [3.05, 3.63) is 48.6 Å². The third-order valence-electron chi connectivity index (χ3n) is 2.49. The van der Waals surface area contributed by atoms with Crippen molar-refractivity contribution in [3.63, 3.8) is 0 Å². The second-order valence-corrected chi connectivity index (χ2v) is 3.95. The van der Waals surface area contributed by atoms with Crippen LogP contribution in [-0.2, 0) is 16.0 Å². The molecule has 0 fully saturated rings. The van der Waals surface area contributed by atoms with Gasteiger partial charge < -0.3 is 15.2 Å². The molecule has 1 aromatic rings. The average Bonchev–Trinajstić information content (AvgIpc) is 2.42. The molecule has 0 radical (unpaired) electrons. The Hall–Kier alpha value is -2.30. The van der Waals surface area contributed by atoms with Crippen molar-refractivity contribution >= 4 is 12.1 Å². The normalized spacial score (nSPS) is 11.4. The first kappa shape index (κ1) is 14.8. The minimum Gasteiger partial charge on any atom is -0.480 e. The zero-order valence-electron chi connectivity index (χ0n) is 10.5. The van der Waals surface area contributed by atoms with E-state index in [0.717, 1.165) is 5.56 Å². The number of amides is 1. The number of carbonyl (C=O) groups is 2. The van der Waals surface area contributed by atoms with Crippen molar-refractivity contribution < 1.29 is 19.4 Å². The number of aliphatic carboxylic acids is 1. The van der Waals surface area contributed by atoms with Crippen LogP contribution in [0.25, 0.3) is 0 Å². The first-order valence-electron chi connectivity index (χ1n) is 5.94. The summed E-state index contributed by atoms with van der Waals surface area (Å²) in [7, 11) is 0. The average molecular weight is 263 g/mol. The zero-order chi connectivity index (χ0) is 14.1. The second kappa shape index (κ2) is 7.92. The number of aryl methyl sites for hydroxylation is 1. The number of rotatable bonds is 7. The van der Waals surface area contributed by atoms with Gasteiger partial charge in [0.25, 0.3) is 0 Å². The highest BCUT2D eigenvalue weighted by molar-refractivity contribution is 5.79. The maximum atomic E-state index is 11.3. The number of carboxylic acid groups (broad SMARTS) is 1. The molecule has 2 N–H and O–H groups in total. The third kappa shape index (κ3) is 5.72. The molecule has 0 saturated carbocycles. The van der Waals surface area contributed by atoms with E-state index in [0.29, 0.717) is 12.8 Å². The van der Waals surface area contributed by atoms with Gasteiger partial charge in [-0.2, -0.15) is 0 Å². The van der Waals surface area contributed by atoms with Gasteiger partial charge in [0.15, 0.2) is 0 Å². The van der Waals surface area contributed by atoms with Crippen molar-refractivity contribution in [1.29, 1.82) is 0 Å². The molecule has 102 valence electrons. The van der Waals surface area contributed by atoms with Crippen LogP contribution < -0.4 is 5.32 Å². The lowest BCUT2D eigenvalue weighted by atomic mass is 10.1. The highest BCUT2D eigenvalue weighted by atomic mass is 16.5. The number of hydrogen-bond acceptors (Lipinski definition) is 3. The van der Waals surface area contributed by atoms with Crippen LogP contribution in [0, 0.1) is 0 Å².